The zero-order chi connectivity index (χ0) is 28.7. The van der Waals surface area contributed by atoms with Gasteiger partial charge < -0.3 is 10.4 Å². The maximum atomic E-state index is 13.3. The van der Waals surface area contributed by atoms with Gasteiger partial charge in [-0.3, -0.25) is 9.48 Å². The van der Waals surface area contributed by atoms with Gasteiger partial charge in [-0.1, -0.05) is 32.9 Å². The molecule has 0 spiro atoms. The van der Waals surface area contributed by atoms with Gasteiger partial charge in [-0.15, -0.1) is 0 Å². The van der Waals surface area contributed by atoms with Gasteiger partial charge in [-0.25, -0.2) is 0 Å². The van der Waals surface area contributed by atoms with Crippen molar-refractivity contribution in [3.05, 3.63) is 41.1 Å². The van der Waals surface area contributed by atoms with Crippen molar-refractivity contribution in [3.63, 3.8) is 0 Å². The predicted octanol–water partition coefficient (Wildman–Crippen LogP) is 4.57. The Labute approximate surface area is 223 Å². The fourth-order valence-corrected chi connectivity index (χ4v) is 4.42. The topological polar surface area (TPSA) is 125 Å². The minimum atomic E-state index is -4.37. The van der Waals surface area contributed by atoms with Gasteiger partial charge in [-0.2, -0.15) is 31.9 Å². The van der Waals surface area contributed by atoms with Crippen molar-refractivity contribution in [2.45, 2.75) is 78.1 Å². The van der Waals surface area contributed by atoms with E-state index in [2.05, 4.69) is 23.4 Å². The Morgan fingerprint density at radius 3 is 2.39 bits per heavy atom. The number of nitriles is 1. The number of benzene rings is 1. The van der Waals surface area contributed by atoms with Crippen LogP contribution in [0.25, 0.3) is 11.3 Å². The Bertz CT molecular complexity index is 1210. The van der Waals surface area contributed by atoms with E-state index in [9.17, 15) is 28.3 Å². The van der Waals surface area contributed by atoms with E-state index in [4.69, 9.17) is 8.42 Å². The van der Waals surface area contributed by atoms with Crippen LogP contribution >= 0.6 is 0 Å². The van der Waals surface area contributed by atoms with Crippen LogP contribution < -0.4 is 5.32 Å². The summed E-state index contributed by atoms with van der Waals surface area (Å²) in [5.74, 6) is 0.140. The third-order valence-corrected chi connectivity index (χ3v) is 6.99. The van der Waals surface area contributed by atoms with E-state index in [1.165, 1.54) is 6.07 Å². The van der Waals surface area contributed by atoms with Crippen molar-refractivity contribution in [1.29, 1.82) is 5.26 Å². The van der Waals surface area contributed by atoms with Crippen LogP contribution in [-0.2, 0) is 24.5 Å². The number of hydrogen-bond donors (Lipinski definition) is 2. The second-order valence-corrected chi connectivity index (χ2v) is 10.6. The summed E-state index contributed by atoms with van der Waals surface area (Å²) < 4.78 is 58.1. The minimum absolute atomic E-state index is 0.139. The molecule has 2 aromatic rings. The zero-order valence-corrected chi connectivity index (χ0v) is 22.7. The van der Waals surface area contributed by atoms with Gasteiger partial charge in [0, 0.05) is 18.7 Å². The van der Waals surface area contributed by atoms with E-state index >= 15 is 0 Å². The van der Waals surface area contributed by atoms with Crippen molar-refractivity contribution in [3.8, 4) is 17.3 Å². The normalized spacial score (nSPS) is 19.6. The monoisotopic (exact) mass is 554 g/mol. The van der Waals surface area contributed by atoms with E-state index in [0.29, 0.717) is 42.1 Å². The van der Waals surface area contributed by atoms with Gasteiger partial charge in [0.2, 0.25) is 0 Å². The Hall–Kier alpha value is -3.04. The molecule has 0 unspecified atom stereocenters. The van der Waals surface area contributed by atoms with Crippen LogP contribution in [0.5, 0.6) is 0 Å². The molecule has 1 saturated carbocycles. The molecule has 0 atom stereocenters. The Morgan fingerprint density at radius 1 is 1.26 bits per heavy atom. The summed E-state index contributed by atoms with van der Waals surface area (Å²) in [5, 5.41) is 27.6. The van der Waals surface area contributed by atoms with Crippen LogP contribution in [-0.4, -0.2) is 47.5 Å². The van der Waals surface area contributed by atoms with Gasteiger partial charge in [0.25, 0.3) is 5.91 Å². The zero-order valence-electron chi connectivity index (χ0n) is 21.9. The number of carbonyl (C=O) groups is 1. The molecule has 1 fully saturated rings. The van der Waals surface area contributed by atoms with Gasteiger partial charge in [0.15, 0.2) is 5.69 Å². The van der Waals surface area contributed by atoms with Gasteiger partial charge in [0.05, 0.1) is 28.3 Å². The maximum absolute atomic E-state index is 13.3. The van der Waals surface area contributed by atoms with Crippen LogP contribution in [0.2, 0.25) is 0 Å². The fraction of sp³-hybridized carbons (Fsp3) is 0.577. The van der Waals surface area contributed by atoms with Crippen LogP contribution in [0.1, 0.15) is 75.0 Å². The molecule has 1 aliphatic rings. The lowest BCUT2D eigenvalue weighted by atomic mass is 9.79. The van der Waals surface area contributed by atoms with Crippen molar-refractivity contribution in [2.75, 3.05) is 6.54 Å². The molecule has 0 bridgehead atoms. The summed E-state index contributed by atoms with van der Waals surface area (Å²) >= 11 is -0.750. The predicted molar refractivity (Wildman–Crippen MR) is 135 cm³/mol. The number of aryl methyl sites for hydroxylation is 1. The Balaban J connectivity index is 0.00000161. The summed E-state index contributed by atoms with van der Waals surface area (Å²) in [7, 11) is 0. The quantitative estimate of drug-likeness (QED) is 0.517. The first kappa shape index (κ1) is 31.2. The van der Waals surface area contributed by atoms with E-state index in [1.54, 1.807) is 22.9 Å². The molecule has 12 heteroatoms. The third-order valence-electron chi connectivity index (χ3n) is 6.99. The van der Waals surface area contributed by atoms with Crippen LogP contribution in [0.3, 0.4) is 0 Å². The average Bonchev–Trinajstić information content (AvgIpc) is 3.28. The molecule has 0 saturated heterocycles. The highest BCUT2D eigenvalue weighted by molar-refractivity contribution is 7.51. The lowest BCUT2D eigenvalue weighted by Gasteiger charge is -2.34. The molecule has 1 aliphatic carbocycles. The van der Waals surface area contributed by atoms with Crippen molar-refractivity contribution in [2.24, 2.45) is 11.3 Å². The number of nitrogens with zero attached hydrogens (tertiary/aromatic N) is 3. The van der Waals surface area contributed by atoms with Gasteiger partial charge in [0.1, 0.15) is 0 Å². The van der Waals surface area contributed by atoms with E-state index in [1.807, 2.05) is 6.92 Å². The molecular weight excluding hydrogens is 521 g/mol. The molecule has 38 heavy (non-hydrogen) atoms. The standard InChI is InChI=1S/C26H33F3N4O2.O2S/c1-5-33-22(13-21(32-33)23(34)31-16-25(35)10-8-17(2)9-11-25)20-7-6-18(12-19(20)15-30)14-24(3,4)26(27,28)29;1-3-2/h6-7,12-13,17,35H,5,8-11,14,16H2,1-4H3,(H,31,34);. The molecule has 8 nitrogen and oxygen atoms in total. The highest BCUT2D eigenvalue weighted by Gasteiger charge is 2.47. The van der Waals surface area contributed by atoms with E-state index < -0.39 is 34.7 Å². The summed E-state index contributed by atoms with van der Waals surface area (Å²) in [5.41, 5.74) is -1.06. The highest BCUT2D eigenvalue weighted by atomic mass is 32.1. The number of aliphatic hydroxyl groups is 1. The first-order valence-electron chi connectivity index (χ1n) is 12.3. The SMILES string of the molecule is CCn1nc(C(=O)NCC2(O)CCC(C)CC2)cc1-c1ccc(CC(C)(C)C(F)(F)F)cc1C#N.O=S=O. The van der Waals surface area contributed by atoms with Crippen molar-refractivity contribution in [1.82, 2.24) is 15.1 Å². The summed E-state index contributed by atoms with van der Waals surface area (Å²) in [6.07, 6.45) is -1.54. The molecule has 0 aliphatic heterocycles. The minimum Gasteiger partial charge on any atom is -0.388 e. The first-order valence-corrected chi connectivity index (χ1v) is 13.0. The Morgan fingerprint density at radius 2 is 1.87 bits per heavy atom. The summed E-state index contributed by atoms with van der Waals surface area (Å²) in [6, 6.07) is 8.30. The van der Waals surface area contributed by atoms with Crippen LogP contribution in [0.4, 0.5) is 13.2 Å². The molecule has 1 aromatic carbocycles. The molecule has 1 aromatic heterocycles. The number of aromatic nitrogens is 2. The highest BCUT2D eigenvalue weighted by Crippen LogP contribution is 2.40. The number of alkyl halides is 3. The van der Waals surface area contributed by atoms with Crippen LogP contribution in [0, 0.1) is 22.7 Å². The maximum Gasteiger partial charge on any atom is 0.394 e. The number of nitrogens with one attached hydrogen (secondary N) is 1. The number of halogens is 3. The molecule has 1 heterocycles. The van der Waals surface area contributed by atoms with E-state index in [0.717, 1.165) is 26.7 Å². The molecule has 208 valence electrons. The average molecular weight is 555 g/mol. The van der Waals surface area contributed by atoms with Gasteiger partial charge in [-0.05, 0) is 62.6 Å². The smallest absolute Gasteiger partial charge is 0.388 e. The number of rotatable bonds is 7. The van der Waals surface area contributed by atoms with Crippen molar-refractivity contribution < 1.29 is 31.5 Å². The lowest BCUT2D eigenvalue weighted by molar-refractivity contribution is -0.211. The second kappa shape index (κ2) is 12.7. The lowest BCUT2D eigenvalue weighted by Crippen LogP contribution is -2.45. The third kappa shape index (κ3) is 7.74. The largest absolute Gasteiger partial charge is 0.394 e. The number of hydrogen-bond acceptors (Lipinski definition) is 6. The van der Waals surface area contributed by atoms with Gasteiger partial charge >= 0.3 is 17.7 Å². The van der Waals surface area contributed by atoms with Crippen molar-refractivity contribution >= 4 is 17.5 Å². The summed E-state index contributed by atoms with van der Waals surface area (Å²) in [6.45, 7) is 6.83. The van der Waals surface area contributed by atoms with E-state index in [-0.39, 0.29) is 24.2 Å². The van der Waals surface area contributed by atoms with Crippen LogP contribution in [0.15, 0.2) is 24.3 Å². The second-order valence-electron chi connectivity index (χ2n) is 10.4. The number of amides is 1. The fourth-order valence-electron chi connectivity index (χ4n) is 4.42. The first-order chi connectivity index (χ1) is 17.7. The molecule has 3 rings (SSSR count). The molecule has 2 N–H and O–H groups in total. The molecule has 1 amide bonds. The summed E-state index contributed by atoms with van der Waals surface area (Å²) in [4.78, 5) is 12.8. The molecular formula is C26H33F3N4O4S. The Kier molecular flexibility index (Phi) is 10.4. The molecule has 0 radical (unpaired) electrons. The number of carbonyl (C=O) groups excluding carboxylic acids is 1.